The monoisotopic (exact) mass is 262 g/mol. The molecule has 0 saturated carbocycles. The van der Waals surface area contributed by atoms with E-state index in [9.17, 15) is 9.59 Å². The molecule has 0 bridgehead atoms. The molecule has 0 unspecified atom stereocenters. The van der Waals surface area contributed by atoms with Crippen LogP contribution in [0, 0.1) is 0 Å². The minimum atomic E-state index is -0.394. The second-order valence-electron chi connectivity index (χ2n) is 2.74. The molecule has 78 valence electrons. The SMILES string of the molecule is COCCCn1c(=O)[nH]cc(Br)c1=O. The molecule has 1 aromatic heterocycles. The van der Waals surface area contributed by atoms with Gasteiger partial charge in [0.15, 0.2) is 0 Å². The number of hydrogen-bond acceptors (Lipinski definition) is 3. The smallest absolute Gasteiger partial charge is 0.328 e. The van der Waals surface area contributed by atoms with Gasteiger partial charge in [0.05, 0.1) is 4.47 Å². The fourth-order valence-corrected chi connectivity index (χ4v) is 1.38. The number of nitrogens with zero attached hydrogens (tertiary/aromatic N) is 1. The Morgan fingerprint density at radius 3 is 2.93 bits per heavy atom. The molecular formula is C8H11BrN2O3. The maximum atomic E-state index is 11.4. The molecule has 0 aromatic carbocycles. The van der Waals surface area contributed by atoms with E-state index in [0.29, 0.717) is 24.0 Å². The molecule has 6 heteroatoms. The summed E-state index contributed by atoms with van der Waals surface area (Å²) in [4.78, 5) is 25.1. The number of methoxy groups -OCH3 is 1. The predicted molar refractivity (Wildman–Crippen MR) is 55.5 cm³/mol. The summed E-state index contributed by atoms with van der Waals surface area (Å²) >= 11 is 3.05. The van der Waals surface area contributed by atoms with Gasteiger partial charge in [0.25, 0.3) is 5.56 Å². The number of ether oxygens (including phenoxy) is 1. The summed E-state index contributed by atoms with van der Waals surface area (Å²) < 4.78 is 6.33. The molecule has 0 aliphatic carbocycles. The van der Waals surface area contributed by atoms with Gasteiger partial charge in [-0.1, -0.05) is 0 Å². The number of aromatic nitrogens is 2. The summed E-state index contributed by atoms with van der Waals surface area (Å²) in [6.07, 6.45) is 1.98. The van der Waals surface area contributed by atoms with Crippen LogP contribution < -0.4 is 11.2 Å². The van der Waals surface area contributed by atoms with Crippen LogP contribution in [0.5, 0.6) is 0 Å². The highest BCUT2D eigenvalue weighted by Crippen LogP contribution is 1.96. The zero-order valence-corrected chi connectivity index (χ0v) is 9.33. The fraction of sp³-hybridized carbons (Fsp3) is 0.500. The topological polar surface area (TPSA) is 64.1 Å². The molecule has 0 saturated heterocycles. The van der Waals surface area contributed by atoms with Crippen molar-refractivity contribution in [2.24, 2.45) is 0 Å². The molecule has 0 fully saturated rings. The Kier molecular flexibility index (Phi) is 4.09. The van der Waals surface area contributed by atoms with Gasteiger partial charge in [-0.05, 0) is 22.4 Å². The quantitative estimate of drug-likeness (QED) is 0.796. The third kappa shape index (κ3) is 2.55. The second-order valence-corrected chi connectivity index (χ2v) is 3.60. The highest BCUT2D eigenvalue weighted by Gasteiger charge is 2.03. The van der Waals surface area contributed by atoms with Crippen molar-refractivity contribution in [2.45, 2.75) is 13.0 Å². The maximum absolute atomic E-state index is 11.4. The van der Waals surface area contributed by atoms with Crippen LogP contribution in [0.15, 0.2) is 20.3 Å². The van der Waals surface area contributed by atoms with Crippen LogP contribution in [0.2, 0.25) is 0 Å². The molecule has 1 rings (SSSR count). The molecule has 1 aromatic rings. The van der Waals surface area contributed by atoms with Gasteiger partial charge in [-0.25, -0.2) is 4.79 Å². The summed E-state index contributed by atoms with van der Waals surface area (Å²) in [5.74, 6) is 0. The molecule has 0 amide bonds. The van der Waals surface area contributed by atoms with E-state index in [1.54, 1.807) is 7.11 Å². The minimum Gasteiger partial charge on any atom is -0.385 e. The van der Waals surface area contributed by atoms with E-state index in [1.807, 2.05) is 0 Å². The van der Waals surface area contributed by atoms with Crippen LogP contribution >= 0.6 is 15.9 Å². The molecule has 14 heavy (non-hydrogen) atoms. The fourth-order valence-electron chi connectivity index (χ4n) is 1.06. The highest BCUT2D eigenvalue weighted by atomic mass is 79.9. The summed E-state index contributed by atoms with van der Waals surface area (Å²) in [5.41, 5.74) is -0.709. The Morgan fingerprint density at radius 2 is 2.29 bits per heavy atom. The molecule has 1 N–H and O–H groups in total. The number of aromatic amines is 1. The number of nitrogens with one attached hydrogen (secondary N) is 1. The predicted octanol–water partition coefficient (Wildman–Crippen LogP) is 0.336. The molecule has 5 nitrogen and oxygen atoms in total. The van der Waals surface area contributed by atoms with Gasteiger partial charge in [0, 0.05) is 26.5 Å². The lowest BCUT2D eigenvalue weighted by molar-refractivity contribution is 0.189. The number of rotatable bonds is 4. The van der Waals surface area contributed by atoms with Gasteiger partial charge < -0.3 is 9.72 Å². The van der Waals surface area contributed by atoms with Crippen LogP contribution in [0.1, 0.15) is 6.42 Å². The third-order valence-electron chi connectivity index (χ3n) is 1.75. The van der Waals surface area contributed by atoms with Gasteiger partial charge in [-0.2, -0.15) is 0 Å². The Bertz CT molecular complexity index is 410. The van der Waals surface area contributed by atoms with E-state index >= 15 is 0 Å². The van der Waals surface area contributed by atoms with Gasteiger partial charge in [-0.15, -0.1) is 0 Å². The van der Waals surface area contributed by atoms with Gasteiger partial charge in [0.1, 0.15) is 0 Å². The average molecular weight is 263 g/mol. The molecule has 0 atom stereocenters. The third-order valence-corrected chi connectivity index (χ3v) is 2.32. The van der Waals surface area contributed by atoms with Gasteiger partial charge in [0.2, 0.25) is 0 Å². The van der Waals surface area contributed by atoms with E-state index in [4.69, 9.17) is 4.74 Å². The summed E-state index contributed by atoms with van der Waals surface area (Å²) in [5, 5.41) is 0. The van der Waals surface area contributed by atoms with Crippen LogP contribution in [-0.4, -0.2) is 23.3 Å². The van der Waals surface area contributed by atoms with Crippen LogP contribution in [0.4, 0.5) is 0 Å². The van der Waals surface area contributed by atoms with E-state index in [1.165, 1.54) is 6.20 Å². The lowest BCUT2D eigenvalue weighted by Gasteiger charge is -2.03. The Balaban J connectivity index is 2.90. The zero-order valence-electron chi connectivity index (χ0n) is 7.75. The van der Waals surface area contributed by atoms with Crippen LogP contribution in [0.3, 0.4) is 0 Å². The second kappa shape index (κ2) is 5.11. The molecule has 0 radical (unpaired) electrons. The lowest BCUT2D eigenvalue weighted by Crippen LogP contribution is -2.35. The van der Waals surface area contributed by atoms with E-state index < -0.39 is 5.69 Å². The van der Waals surface area contributed by atoms with E-state index in [-0.39, 0.29) is 5.56 Å². The Labute approximate surface area is 88.8 Å². The van der Waals surface area contributed by atoms with Crippen molar-refractivity contribution in [2.75, 3.05) is 13.7 Å². The van der Waals surface area contributed by atoms with Crippen molar-refractivity contribution in [1.29, 1.82) is 0 Å². The number of halogens is 1. The first-order valence-electron chi connectivity index (χ1n) is 4.13. The first-order valence-corrected chi connectivity index (χ1v) is 4.93. The largest absolute Gasteiger partial charge is 0.385 e. The standard InChI is InChI=1S/C8H11BrN2O3/c1-14-4-2-3-11-7(12)6(9)5-10-8(11)13/h5H,2-4H2,1H3,(H,10,13). The molecule has 1 heterocycles. The Hall–Kier alpha value is -0.880. The zero-order chi connectivity index (χ0) is 10.6. The van der Waals surface area contributed by atoms with Crippen molar-refractivity contribution >= 4 is 15.9 Å². The van der Waals surface area contributed by atoms with Crippen molar-refractivity contribution in [1.82, 2.24) is 9.55 Å². The van der Waals surface area contributed by atoms with Gasteiger partial charge >= 0.3 is 5.69 Å². The molecule has 0 spiro atoms. The summed E-state index contributed by atoms with van der Waals surface area (Å²) in [6, 6.07) is 0. The summed E-state index contributed by atoms with van der Waals surface area (Å²) in [6.45, 7) is 0.889. The lowest BCUT2D eigenvalue weighted by atomic mass is 10.4. The van der Waals surface area contributed by atoms with E-state index in [2.05, 4.69) is 20.9 Å². The first-order chi connectivity index (χ1) is 6.66. The Morgan fingerprint density at radius 1 is 1.57 bits per heavy atom. The molecular weight excluding hydrogens is 252 g/mol. The van der Waals surface area contributed by atoms with Crippen molar-refractivity contribution in [3.8, 4) is 0 Å². The normalized spacial score (nSPS) is 10.4. The van der Waals surface area contributed by atoms with Crippen molar-refractivity contribution < 1.29 is 4.74 Å². The van der Waals surface area contributed by atoms with E-state index in [0.717, 1.165) is 4.57 Å². The maximum Gasteiger partial charge on any atom is 0.328 e. The van der Waals surface area contributed by atoms with Crippen LogP contribution in [-0.2, 0) is 11.3 Å². The van der Waals surface area contributed by atoms with Crippen LogP contribution in [0.25, 0.3) is 0 Å². The number of hydrogen-bond donors (Lipinski definition) is 1. The average Bonchev–Trinajstić information content (AvgIpc) is 2.18. The molecule has 0 aliphatic rings. The highest BCUT2D eigenvalue weighted by molar-refractivity contribution is 9.10. The van der Waals surface area contributed by atoms with Crippen molar-refractivity contribution in [3.63, 3.8) is 0 Å². The first kappa shape index (κ1) is 11.2. The van der Waals surface area contributed by atoms with Gasteiger partial charge in [-0.3, -0.25) is 9.36 Å². The van der Waals surface area contributed by atoms with Crippen molar-refractivity contribution in [3.05, 3.63) is 31.5 Å². The number of H-pyrrole nitrogens is 1. The minimum absolute atomic E-state index is 0.315. The summed E-state index contributed by atoms with van der Waals surface area (Å²) in [7, 11) is 1.58. The molecule has 0 aliphatic heterocycles.